The quantitative estimate of drug-likeness (QED) is 0.633. The van der Waals surface area contributed by atoms with Crippen LogP contribution in [0.5, 0.6) is 0 Å². The number of amides is 1. The van der Waals surface area contributed by atoms with Crippen molar-refractivity contribution in [3.8, 4) is 0 Å². The molecule has 4 nitrogen and oxygen atoms in total. The topological polar surface area (TPSA) is 64.3 Å². The predicted molar refractivity (Wildman–Crippen MR) is 68.7 cm³/mol. The lowest BCUT2D eigenvalue weighted by atomic mass is 9.68. The summed E-state index contributed by atoms with van der Waals surface area (Å²) in [6.45, 7) is 6.06. The van der Waals surface area contributed by atoms with E-state index in [2.05, 4.69) is 5.32 Å². The van der Waals surface area contributed by atoms with Crippen LogP contribution in [-0.4, -0.2) is 31.7 Å². The second kappa shape index (κ2) is 6.97. The van der Waals surface area contributed by atoms with E-state index in [0.717, 1.165) is 45.3 Å². The number of carbonyl (C=O) groups excluding carboxylic acids is 1. The van der Waals surface area contributed by atoms with Gasteiger partial charge in [-0.25, -0.2) is 0 Å². The molecule has 1 aliphatic carbocycles. The highest BCUT2D eigenvalue weighted by atomic mass is 16.5. The zero-order valence-corrected chi connectivity index (χ0v) is 11.1. The zero-order chi connectivity index (χ0) is 12.7. The van der Waals surface area contributed by atoms with Crippen LogP contribution in [0.15, 0.2) is 0 Å². The average molecular weight is 242 g/mol. The summed E-state index contributed by atoms with van der Waals surface area (Å²) in [7, 11) is 0. The Morgan fingerprint density at radius 1 is 1.41 bits per heavy atom. The van der Waals surface area contributed by atoms with Crippen molar-refractivity contribution in [3.05, 3.63) is 0 Å². The fourth-order valence-corrected chi connectivity index (χ4v) is 2.06. The van der Waals surface area contributed by atoms with Gasteiger partial charge >= 0.3 is 0 Å². The molecule has 0 radical (unpaired) electrons. The van der Waals surface area contributed by atoms with E-state index in [1.807, 2.05) is 13.8 Å². The highest BCUT2D eigenvalue weighted by Crippen LogP contribution is 2.39. The molecular formula is C13H26N2O2. The third-order valence-corrected chi connectivity index (χ3v) is 3.49. The molecule has 1 saturated carbocycles. The smallest absolute Gasteiger partial charge is 0.227 e. The summed E-state index contributed by atoms with van der Waals surface area (Å²) in [5.74, 6) is 0.149. The zero-order valence-electron chi connectivity index (χ0n) is 11.1. The SMILES string of the molecule is CC(C)OCCCCNC(=O)C1(CN)CCC1. The monoisotopic (exact) mass is 242 g/mol. The summed E-state index contributed by atoms with van der Waals surface area (Å²) >= 11 is 0. The number of hydrogen-bond donors (Lipinski definition) is 2. The van der Waals surface area contributed by atoms with Gasteiger partial charge in [-0.3, -0.25) is 4.79 Å². The Morgan fingerprint density at radius 2 is 2.12 bits per heavy atom. The van der Waals surface area contributed by atoms with Crippen molar-refractivity contribution in [1.82, 2.24) is 5.32 Å². The van der Waals surface area contributed by atoms with Crippen molar-refractivity contribution in [2.45, 2.75) is 52.1 Å². The van der Waals surface area contributed by atoms with Crippen molar-refractivity contribution < 1.29 is 9.53 Å². The van der Waals surface area contributed by atoms with Gasteiger partial charge in [-0.15, -0.1) is 0 Å². The molecule has 3 N–H and O–H groups in total. The number of nitrogens with one attached hydrogen (secondary N) is 1. The van der Waals surface area contributed by atoms with Crippen LogP contribution >= 0.6 is 0 Å². The van der Waals surface area contributed by atoms with Crippen molar-refractivity contribution in [2.75, 3.05) is 19.7 Å². The van der Waals surface area contributed by atoms with Gasteiger partial charge in [0.15, 0.2) is 0 Å². The van der Waals surface area contributed by atoms with E-state index >= 15 is 0 Å². The molecular weight excluding hydrogens is 216 g/mol. The first-order valence-corrected chi connectivity index (χ1v) is 6.71. The molecule has 0 bridgehead atoms. The van der Waals surface area contributed by atoms with Gasteiger partial charge in [-0.2, -0.15) is 0 Å². The maximum absolute atomic E-state index is 11.9. The summed E-state index contributed by atoms with van der Waals surface area (Å²) in [6, 6.07) is 0. The Balaban J connectivity index is 2.04. The number of carbonyl (C=O) groups is 1. The Hall–Kier alpha value is -0.610. The van der Waals surface area contributed by atoms with Crippen molar-refractivity contribution >= 4 is 5.91 Å². The van der Waals surface area contributed by atoms with Crippen molar-refractivity contribution in [3.63, 3.8) is 0 Å². The Labute approximate surface area is 104 Å². The van der Waals surface area contributed by atoms with Crippen LogP contribution in [0, 0.1) is 5.41 Å². The van der Waals surface area contributed by atoms with E-state index in [0.29, 0.717) is 12.6 Å². The highest BCUT2D eigenvalue weighted by molar-refractivity contribution is 5.83. The first-order chi connectivity index (χ1) is 8.10. The maximum atomic E-state index is 11.9. The van der Waals surface area contributed by atoms with Gasteiger partial charge in [0.2, 0.25) is 5.91 Å². The lowest BCUT2D eigenvalue weighted by Gasteiger charge is -2.39. The second-order valence-electron chi connectivity index (χ2n) is 5.22. The van der Waals surface area contributed by atoms with Crippen LogP contribution in [0.4, 0.5) is 0 Å². The van der Waals surface area contributed by atoms with E-state index in [9.17, 15) is 4.79 Å². The number of rotatable bonds is 8. The molecule has 1 aliphatic rings. The summed E-state index contributed by atoms with van der Waals surface area (Å²) in [4.78, 5) is 11.9. The summed E-state index contributed by atoms with van der Waals surface area (Å²) in [6.07, 6.45) is 5.29. The van der Waals surface area contributed by atoms with Crippen LogP contribution in [0.3, 0.4) is 0 Å². The summed E-state index contributed by atoms with van der Waals surface area (Å²) < 4.78 is 5.44. The summed E-state index contributed by atoms with van der Waals surface area (Å²) in [5.41, 5.74) is 5.43. The van der Waals surface area contributed by atoms with Crippen LogP contribution in [0.2, 0.25) is 0 Å². The Bertz CT molecular complexity index is 232. The van der Waals surface area contributed by atoms with E-state index < -0.39 is 0 Å². The van der Waals surface area contributed by atoms with Crippen LogP contribution < -0.4 is 11.1 Å². The molecule has 4 heteroatoms. The first-order valence-electron chi connectivity index (χ1n) is 6.71. The third-order valence-electron chi connectivity index (χ3n) is 3.49. The van der Waals surface area contributed by atoms with E-state index in [4.69, 9.17) is 10.5 Å². The fourth-order valence-electron chi connectivity index (χ4n) is 2.06. The van der Waals surface area contributed by atoms with E-state index in [1.54, 1.807) is 0 Å². The molecule has 1 amide bonds. The maximum Gasteiger partial charge on any atom is 0.227 e. The van der Waals surface area contributed by atoms with Gasteiger partial charge in [0, 0.05) is 19.7 Å². The average Bonchev–Trinajstić information content (AvgIpc) is 2.22. The Morgan fingerprint density at radius 3 is 2.59 bits per heavy atom. The number of hydrogen-bond acceptors (Lipinski definition) is 3. The molecule has 0 aromatic carbocycles. The number of nitrogens with two attached hydrogens (primary N) is 1. The summed E-state index contributed by atoms with van der Waals surface area (Å²) in [5, 5.41) is 2.99. The fraction of sp³-hybridized carbons (Fsp3) is 0.923. The second-order valence-corrected chi connectivity index (χ2v) is 5.22. The molecule has 0 atom stereocenters. The van der Waals surface area contributed by atoms with Crippen molar-refractivity contribution in [1.29, 1.82) is 0 Å². The number of ether oxygens (including phenoxy) is 1. The molecule has 0 aromatic rings. The molecule has 0 spiro atoms. The minimum absolute atomic E-state index is 0.149. The van der Waals surface area contributed by atoms with Gasteiger partial charge in [0.1, 0.15) is 0 Å². The molecule has 17 heavy (non-hydrogen) atoms. The lowest BCUT2D eigenvalue weighted by Crippen LogP contribution is -2.50. The lowest BCUT2D eigenvalue weighted by molar-refractivity contribution is -0.135. The largest absolute Gasteiger partial charge is 0.379 e. The highest BCUT2D eigenvalue weighted by Gasteiger charge is 2.42. The van der Waals surface area contributed by atoms with Gasteiger partial charge in [-0.05, 0) is 39.5 Å². The molecule has 1 fully saturated rings. The van der Waals surface area contributed by atoms with Crippen LogP contribution in [0.25, 0.3) is 0 Å². The van der Waals surface area contributed by atoms with Crippen LogP contribution in [-0.2, 0) is 9.53 Å². The normalized spacial score (nSPS) is 17.9. The number of unbranched alkanes of at least 4 members (excludes halogenated alkanes) is 1. The van der Waals surface area contributed by atoms with Gasteiger partial charge < -0.3 is 15.8 Å². The van der Waals surface area contributed by atoms with Crippen molar-refractivity contribution in [2.24, 2.45) is 11.1 Å². The van der Waals surface area contributed by atoms with Gasteiger partial charge in [-0.1, -0.05) is 6.42 Å². The molecule has 0 saturated heterocycles. The molecule has 0 heterocycles. The third kappa shape index (κ3) is 4.28. The Kier molecular flexibility index (Phi) is 5.92. The minimum atomic E-state index is -0.242. The molecule has 1 rings (SSSR count). The van der Waals surface area contributed by atoms with E-state index in [-0.39, 0.29) is 11.3 Å². The van der Waals surface area contributed by atoms with Crippen LogP contribution in [0.1, 0.15) is 46.0 Å². The minimum Gasteiger partial charge on any atom is -0.379 e. The molecule has 0 unspecified atom stereocenters. The first kappa shape index (κ1) is 14.5. The predicted octanol–water partition coefficient (Wildman–Crippen LogP) is 1.44. The molecule has 0 aliphatic heterocycles. The molecule has 100 valence electrons. The molecule has 0 aromatic heterocycles. The van der Waals surface area contributed by atoms with E-state index in [1.165, 1.54) is 0 Å². The standard InChI is InChI=1S/C13H26N2O2/c1-11(2)17-9-4-3-8-15-12(16)13(10-14)6-5-7-13/h11H,3-10,14H2,1-2H3,(H,15,16). The van der Waals surface area contributed by atoms with Gasteiger partial charge in [0.25, 0.3) is 0 Å². The van der Waals surface area contributed by atoms with Gasteiger partial charge in [0.05, 0.1) is 11.5 Å².